The van der Waals surface area contributed by atoms with Crippen molar-refractivity contribution in [2.24, 2.45) is 0 Å². The Kier molecular flexibility index (Phi) is 3.59. The third kappa shape index (κ3) is 2.37. The van der Waals surface area contributed by atoms with Crippen molar-refractivity contribution in [3.8, 4) is 0 Å². The van der Waals surface area contributed by atoms with Crippen molar-refractivity contribution in [1.29, 1.82) is 0 Å². The number of ether oxygens (including phenoxy) is 1. The molecule has 5 heteroatoms. The Labute approximate surface area is 126 Å². The van der Waals surface area contributed by atoms with Crippen LogP contribution in [0.5, 0.6) is 0 Å². The third-order valence-electron chi connectivity index (χ3n) is 3.10. The van der Waals surface area contributed by atoms with Crippen LogP contribution in [-0.4, -0.2) is 19.6 Å². The van der Waals surface area contributed by atoms with Crippen LogP contribution in [0.1, 0.15) is 0 Å². The highest BCUT2D eigenvalue weighted by Gasteiger charge is 2.25. The summed E-state index contributed by atoms with van der Waals surface area (Å²) >= 11 is 7.76. The number of carbonyl (C=O) groups excluding carboxylic acids is 1. The van der Waals surface area contributed by atoms with Crippen molar-refractivity contribution in [3.05, 3.63) is 47.5 Å². The lowest BCUT2D eigenvalue weighted by molar-refractivity contribution is -0.138. The van der Waals surface area contributed by atoms with Gasteiger partial charge in [0.1, 0.15) is 6.54 Å². The van der Waals surface area contributed by atoms with Gasteiger partial charge in [0.15, 0.2) is 0 Å². The van der Waals surface area contributed by atoms with Crippen molar-refractivity contribution in [1.82, 2.24) is 0 Å². The van der Waals surface area contributed by atoms with Crippen molar-refractivity contribution in [2.45, 2.75) is 9.79 Å². The molecule has 3 nitrogen and oxygen atoms in total. The Balaban J connectivity index is 2.11. The number of rotatable bonds is 2. The first-order valence-corrected chi connectivity index (χ1v) is 7.29. The molecule has 0 N–H and O–H groups in total. The number of carbonyl (C=O) groups is 1. The van der Waals surface area contributed by atoms with Gasteiger partial charge in [0.05, 0.1) is 18.5 Å². The monoisotopic (exact) mass is 305 g/mol. The molecule has 0 aromatic heterocycles. The first-order chi connectivity index (χ1) is 9.69. The Bertz CT molecular complexity index is 675. The van der Waals surface area contributed by atoms with E-state index < -0.39 is 0 Å². The molecule has 1 heterocycles. The summed E-state index contributed by atoms with van der Waals surface area (Å²) in [7, 11) is 1.39. The summed E-state index contributed by atoms with van der Waals surface area (Å²) in [6.45, 7) is 0.168. The smallest absolute Gasteiger partial charge is 0.325 e. The van der Waals surface area contributed by atoms with E-state index in [1.165, 1.54) is 7.11 Å². The Hall–Kier alpha value is -1.65. The SMILES string of the molecule is COC(=O)CN1c2ccccc2Sc2ccc(Cl)cc21. The van der Waals surface area contributed by atoms with E-state index in [1.807, 2.05) is 47.4 Å². The Morgan fingerprint density at radius 1 is 1.20 bits per heavy atom. The number of esters is 1. The van der Waals surface area contributed by atoms with Crippen LogP contribution in [0, 0.1) is 0 Å². The van der Waals surface area contributed by atoms with Gasteiger partial charge in [-0.2, -0.15) is 0 Å². The average Bonchev–Trinajstić information content (AvgIpc) is 2.47. The zero-order valence-corrected chi connectivity index (χ0v) is 12.4. The van der Waals surface area contributed by atoms with E-state index >= 15 is 0 Å². The number of methoxy groups -OCH3 is 1. The van der Waals surface area contributed by atoms with Crippen LogP contribution < -0.4 is 4.90 Å². The van der Waals surface area contributed by atoms with Crippen molar-refractivity contribution in [2.75, 3.05) is 18.6 Å². The summed E-state index contributed by atoms with van der Waals surface area (Å²) in [5.41, 5.74) is 1.93. The lowest BCUT2D eigenvalue weighted by atomic mass is 10.2. The maximum Gasteiger partial charge on any atom is 0.325 e. The number of para-hydroxylation sites is 1. The number of hydrogen-bond donors (Lipinski definition) is 0. The Morgan fingerprint density at radius 2 is 1.95 bits per heavy atom. The van der Waals surface area contributed by atoms with Crippen molar-refractivity contribution in [3.63, 3.8) is 0 Å². The van der Waals surface area contributed by atoms with E-state index in [4.69, 9.17) is 16.3 Å². The van der Waals surface area contributed by atoms with Crippen LogP contribution in [0.4, 0.5) is 11.4 Å². The predicted molar refractivity (Wildman–Crippen MR) is 81.0 cm³/mol. The molecule has 0 radical (unpaired) electrons. The fourth-order valence-electron chi connectivity index (χ4n) is 2.17. The minimum absolute atomic E-state index is 0.168. The predicted octanol–water partition coefficient (Wildman–Crippen LogP) is 4.12. The van der Waals surface area contributed by atoms with Gasteiger partial charge in [0.2, 0.25) is 0 Å². The molecule has 0 atom stereocenters. The molecule has 0 aliphatic carbocycles. The third-order valence-corrected chi connectivity index (χ3v) is 4.47. The molecule has 1 aliphatic heterocycles. The number of fused-ring (bicyclic) bond motifs is 2. The molecule has 0 unspecified atom stereocenters. The largest absolute Gasteiger partial charge is 0.468 e. The molecule has 0 spiro atoms. The van der Waals surface area contributed by atoms with Crippen LogP contribution in [0.2, 0.25) is 5.02 Å². The van der Waals surface area contributed by atoms with Gasteiger partial charge in [0, 0.05) is 14.8 Å². The molecule has 2 aromatic carbocycles. The minimum atomic E-state index is -0.280. The molecule has 0 saturated heterocycles. The van der Waals surface area contributed by atoms with Gasteiger partial charge in [-0.25, -0.2) is 0 Å². The molecule has 0 fully saturated rings. The van der Waals surface area contributed by atoms with Crippen LogP contribution in [0.3, 0.4) is 0 Å². The quantitative estimate of drug-likeness (QED) is 0.781. The second-order valence-corrected chi connectivity index (χ2v) is 5.86. The highest BCUT2D eigenvalue weighted by molar-refractivity contribution is 7.99. The zero-order chi connectivity index (χ0) is 14.1. The van der Waals surface area contributed by atoms with Crippen LogP contribution in [0.15, 0.2) is 52.3 Å². The maximum absolute atomic E-state index is 11.7. The topological polar surface area (TPSA) is 29.5 Å². The molecule has 0 bridgehead atoms. The van der Waals surface area contributed by atoms with Gasteiger partial charge < -0.3 is 9.64 Å². The summed E-state index contributed by atoms with van der Waals surface area (Å²) in [6, 6.07) is 13.7. The van der Waals surface area contributed by atoms with E-state index in [0.29, 0.717) is 5.02 Å². The normalized spacial score (nSPS) is 12.6. The number of hydrogen-bond acceptors (Lipinski definition) is 4. The Morgan fingerprint density at radius 3 is 2.75 bits per heavy atom. The number of nitrogens with zero attached hydrogens (tertiary/aromatic N) is 1. The maximum atomic E-state index is 11.7. The van der Waals surface area contributed by atoms with Crippen molar-refractivity contribution >= 4 is 40.7 Å². The first-order valence-electron chi connectivity index (χ1n) is 6.10. The molecule has 102 valence electrons. The molecular formula is C15H12ClNO2S. The second kappa shape index (κ2) is 5.38. The summed E-state index contributed by atoms with van der Waals surface area (Å²) in [6.07, 6.45) is 0. The summed E-state index contributed by atoms with van der Waals surface area (Å²) in [4.78, 5) is 15.8. The van der Waals surface area contributed by atoms with E-state index in [2.05, 4.69) is 0 Å². The van der Waals surface area contributed by atoms with Gasteiger partial charge in [0.25, 0.3) is 0 Å². The van der Waals surface area contributed by atoms with E-state index in [9.17, 15) is 4.79 Å². The lowest BCUT2D eigenvalue weighted by Gasteiger charge is -2.31. The number of benzene rings is 2. The molecular weight excluding hydrogens is 294 g/mol. The standard InChI is InChI=1S/C15H12ClNO2S/c1-19-15(18)9-17-11-4-2-3-5-13(11)20-14-7-6-10(16)8-12(14)17/h2-8H,9H2,1H3. The van der Waals surface area contributed by atoms with E-state index in [-0.39, 0.29) is 12.5 Å². The summed E-state index contributed by atoms with van der Waals surface area (Å²) < 4.78 is 4.79. The molecule has 1 aliphatic rings. The fourth-order valence-corrected chi connectivity index (χ4v) is 3.41. The number of halogens is 1. The van der Waals surface area contributed by atoms with Crippen LogP contribution >= 0.6 is 23.4 Å². The average molecular weight is 306 g/mol. The van der Waals surface area contributed by atoms with E-state index in [1.54, 1.807) is 11.8 Å². The summed E-state index contributed by atoms with van der Waals surface area (Å²) in [5.74, 6) is -0.280. The molecule has 3 rings (SSSR count). The van der Waals surface area contributed by atoms with Gasteiger partial charge >= 0.3 is 5.97 Å². The van der Waals surface area contributed by atoms with Crippen LogP contribution in [-0.2, 0) is 9.53 Å². The van der Waals surface area contributed by atoms with E-state index in [0.717, 1.165) is 21.2 Å². The fraction of sp³-hybridized carbons (Fsp3) is 0.133. The number of anilines is 2. The van der Waals surface area contributed by atoms with Gasteiger partial charge in [-0.15, -0.1) is 0 Å². The lowest BCUT2D eigenvalue weighted by Crippen LogP contribution is -2.28. The first kappa shape index (κ1) is 13.3. The highest BCUT2D eigenvalue weighted by atomic mass is 35.5. The van der Waals surface area contributed by atoms with Gasteiger partial charge in [-0.1, -0.05) is 35.5 Å². The molecule has 20 heavy (non-hydrogen) atoms. The molecule has 0 saturated carbocycles. The highest BCUT2D eigenvalue weighted by Crippen LogP contribution is 2.48. The molecule has 2 aromatic rings. The minimum Gasteiger partial charge on any atom is -0.468 e. The van der Waals surface area contributed by atoms with Gasteiger partial charge in [-0.05, 0) is 30.3 Å². The second-order valence-electron chi connectivity index (χ2n) is 4.34. The molecule has 0 amide bonds. The zero-order valence-electron chi connectivity index (χ0n) is 10.8. The summed E-state index contributed by atoms with van der Waals surface area (Å²) in [5, 5.41) is 0.651. The van der Waals surface area contributed by atoms with Crippen LogP contribution in [0.25, 0.3) is 0 Å². The van der Waals surface area contributed by atoms with Crippen molar-refractivity contribution < 1.29 is 9.53 Å². The van der Waals surface area contributed by atoms with Gasteiger partial charge in [-0.3, -0.25) is 4.79 Å².